The molecule has 5 heteroatoms. The second-order valence-corrected chi connectivity index (χ2v) is 5.84. The third-order valence-corrected chi connectivity index (χ3v) is 4.20. The predicted molar refractivity (Wildman–Crippen MR) is 70.0 cm³/mol. The van der Waals surface area contributed by atoms with Crippen molar-refractivity contribution in [3.8, 4) is 0 Å². The van der Waals surface area contributed by atoms with Crippen molar-refractivity contribution in [2.24, 2.45) is 15.6 Å². The molecule has 0 saturated carbocycles. The van der Waals surface area contributed by atoms with Gasteiger partial charge in [0.05, 0.1) is 0 Å². The maximum Gasteiger partial charge on any atom is 0.438 e. The van der Waals surface area contributed by atoms with Gasteiger partial charge in [0.15, 0.2) is 0 Å². The normalized spacial score (nSPS) is 20.3. The number of rotatable bonds is 9. The lowest BCUT2D eigenvalue weighted by atomic mass is 9.71. The van der Waals surface area contributed by atoms with Crippen molar-refractivity contribution in [3.05, 3.63) is 0 Å². The third kappa shape index (κ3) is 3.48. The minimum atomic E-state index is -4.35. The fraction of sp³-hybridized carbons (Fsp3) is 1.00. The largest absolute Gasteiger partial charge is 0.438 e. The van der Waals surface area contributed by atoms with Gasteiger partial charge in [0.1, 0.15) is 0 Å². The highest BCUT2D eigenvalue weighted by atomic mass is 19.4. The Kier molecular flexibility index (Phi) is 5.39. The molecule has 0 radical (unpaired) electrons. The molecule has 0 aliphatic carbocycles. The van der Waals surface area contributed by atoms with Gasteiger partial charge in [-0.25, -0.2) is 0 Å². The number of hydrogen-bond acceptors (Lipinski definition) is 2. The second kappa shape index (κ2) is 6.23. The van der Waals surface area contributed by atoms with Crippen LogP contribution in [0, 0.1) is 5.41 Å². The molecule has 0 aromatic carbocycles. The topological polar surface area (TPSA) is 24.7 Å². The SMILES string of the molecule is CCCCCCC(C)(CCCC)C1(C(F)(F)F)N=N1. The molecule has 1 atom stereocenters. The van der Waals surface area contributed by atoms with E-state index in [1.165, 1.54) is 0 Å². The lowest BCUT2D eigenvalue weighted by Gasteiger charge is -2.35. The summed E-state index contributed by atoms with van der Waals surface area (Å²) in [5, 5.41) is 6.86. The Balaban J connectivity index is 2.70. The highest BCUT2D eigenvalue weighted by Crippen LogP contribution is 2.59. The first-order valence-electron chi connectivity index (χ1n) is 7.34. The standard InChI is InChI=1S/C14H25F3N2/c1-4-6-8-9-11-12(3,10-7-5-2)13(18-19-13)14(15,16)17/h4-11H2,1-3H3. The van der Waals surface area contributed by atoms with Crippen LogP contribution in [0.25, 0.3) is 0 Å². The molecule has 1 aliphatic heterocycles. The van der Waals surface area contributed by atoms with E-state index in [1.54, 1.807) is 6.92 Å². The molecule has 1 rings (SSSR count). The van der Waals surface area contributed by atoms with Gasteiger partial charge in [-0.05, 0) is 12.8 Å². The van der Waals surface area contributed by atoms with Gasteiger partial charge in [-0.3, -0.25) is 0 Å². The number of hydrogen-bond donors (Lipinski definition) is 0. The fourth-order valence-electron chi connectivity index (χ4n) is 2.73. The predicted octanol–water partition coefficient (Wildman–Crippen LogP) is 5.88. The van der Waals surface area contributed by atoms with Crippen LogP contribution in [-0.2, 0) is 0 Å². The minimum absolute atomic E-state index is 0.544. The number of nitrogens with zero attached hydrogens (tertiary/aromatic N) is 2. The van der Waals surface area contributed by atoms with Gasteiger partial charge >= 0.3 is 6.18 Å². The molecule has 0 spiro atoms. The Bertz CT molecular complexity index is 306. The maximum atomic E-state index is 13.2. The molecule has 0 fully saturated rings. The quantitative estimate of drug-likeness (QED) is 0.471. The van der Waals surface area contributed by atoms with Gasteiger partial charge in [-0.2, -0.15) is 13.2 Å². The van der Waals surface area contributed by atoms with E-state index >= 15 is 0 Å². The molecule has 0 aromatic heterocycles. The summed E-state index contributed by atoms with van der Waals surface area (Å²) in [6.07, 6.45) is 2.44. The first kappa shape index (κ1) is 16.4. The van der Waals surface area contributed by atoms with Gasteiger partial charge in [0.25, 0.3) is 5.66 Å². The van der Waals surface area contributed by atoms with Crippen LogP contribution in [0.4, 0.5) is 13.2 Å². The number of alkyl halides is 3. The molecule has 0 bridgehead atoms. The van der Waals surface area contributed by atoms with E-state index in [0.29, 0.717) is 12.8 Å². The summed E-state index contributed by atoms with van der Waals surface area (Å²) in [6, 6.07) is 0. The summed E-state index contributed by atoms with van der Waals surface area (Å²) >= 11 is 0. The van der Waals surface area contributed by atoms with Crippen molar-refractivity contribution < 1.29 is 13.2 Å². The van der Waals surface area contributed by atoms with E-state index in [4.69, 9.17) is 0 Å². The Hall–Kier alpha value is -0.610. The van der Waals surface area contributed by atoms with E-state index in [9.17, 15) is 13.2 Å². The number of halogens is 3. The Morgan fingerprint density at radius 1 is 0.842 bits per heavy atom. The van der Waals surface area contributed by atoms with Gasteiger partial charge in [-0.1, -0.05) is 59.3 Å². The van der Waals surface area contributed by atoms with Crippen LogP contribution in [0.3, 0.4) is 0 Å². The lowest BCUT2D eigenvalue weighted by Crippen LogP contribution is -2.47. The Morgan fingerprint density at radius 3 is 1.79 bits per heavy atom. The summed E-state index contributed by atoms with van der Waals surface area (Å²) < 4.78 is 39.6. The molecule has 0 N–H and O–H groups in total. The molecular weight excluding hydrogens is 253 g/mol. The summed E-state index contributed by atoms with van der Waals surface area (Å²) in [6.45, 7) is 5.81. The lowest BCUT2D eigenvalue weighted by molar-refractivity contribution is -0.194. The first-order chi connectivity index (χ1) is 8.83. The average molecular weight is 278 g/mol. The van der Waals surface area contributed by atoms with Crippen molar-refractivity contribution in [2.75, 3.05) is 0 Å². The first-order valence-corrected chi connectivity index (χ1v) is 7.34. The zero-order valence-electron chi connectivity index (χ0n) is 12.2. The van der Waals surface area contributed by atoms with Crippen LogP contribution in [0.1, 0.15) is 72.1 Å². The zero-order valence-corrected chi connectivity index (χ0v) is 12.2. The molecule has 112 valence electrons. The van der Waals surface area contributed by atoms with Crippen molar-refractivity contribution in [3.63, 3.8) is 0 Å². The van der Waals surface area contributed by atoms with Crippen LogP contribution in [0.15, 0.2) is 10.2 Å². The third-order valence-electron chi connectivity index (χ3n) is 4.20. The van der Waals surface area contributed by atoms with Crippen LogP contribution in [0.2, 0.25) is 0 Å². The van der Waals surface area contributed by atoms with Gasteiger partial charge in [0.2, 0.25) is 0 Å². The molecular formula is C14H25F3N2. The number of unbranched alkanes of at least 4 members (excludes halogenated alkanes) is 4. The molecule has 0 saturated heterocycles. The Labute approximate surface area is 113 Å². The summed E-state index contributed by atoms with van der Waals surface area (Å²) in [5.41, 5.74) is -2.98. The molecule has 1 heterocycles. The van der Waals surface area contributed by atoms with E-state index in [1.807, 2.05) is 6.92 Å². The van der Waals surface area contributed by atoms with E-state index in [-0.39, 0.29) is 0 Å². The van der Waals surface area contributed by atoms with Crippen molar-refractivity contribution in [1.29, 1.82) is 0 Å². The zero-order chi connectivity index (χ0) is 14.6. The molecule has 1 unspecified atom stereocenters. The van der Waals surface area contributed by atoms with Gasteiger partial charge in [0, 0.05) is 5.41 Å². The van der Waals surface area contributed by atoms with Crippen LogP contribution in [-0.4, -0.2) is 11.8 Å². The molecule has 1 aliphatic rings. The summed E-state index contributed by atoms with van der Waals surface area (Å²) in [7, 11) is 0. The maximum absolute atomic E-state index is 13.2. The van der Waals surface area contributed by atoms with Gasteiger partial charge in [-0.15, -0.1) is 10.2 Å². The van der Waals surface area contributed by atoms with Crippen LogP contribution in [0.5, 0.6) is 0 Å². The van der Waals surface area contributed by atoms with Crippen molar-refractivity contribution in [1.82, 2.24) is 0 Å². The van der Waals surface area contributed by atoms with Crippen LogP contribution >= 0.6 is 0 Å². The molecule has 2 nitrogen and oxygen atoms in total. The average Bonchev–Trinajstić information content (AvgIpc) is 3.13. The van der Waals surface area contributed by atoms with Crippen LogP contribution < -0.4 is 0 Å². The van der Waals surface area contributed by atoms with Crippen molar-refractivity contribution in [2.45, 2.75) is 84.0 Å². The monoisotopic (exact) mass is 278 g/mol. The van der Waals surface area contributed by atoms with Gasteiger partial charge < -0.3 is 0 Å². The fourth-order valence-corrected chi connectivity index (χ4v) is 2.73. The van der Waals surface area contributed by atoms with E-state index in [2.05, 4.69) is 17.2 Å². The van der Waals surface area contributed by atoms with Crippen molar-refractivity contribution >= 4 is 0 Å². The summed E-state index contributed by atoms with van der Waals surface area (Å²) in [5.74, 6) is 0. The second-order valence-electron chi connectivity index (χ2n) is 5.84. The molecule has 0 amide bonds. The van der Waals surface area contributed by atoms with E-state index < -0.39 is 17.3 Å². The highest BCUT2D eigenvalue weighted by molar-refractivity contribution is 5.11. The smallest absolute Gasteiger partial charge is 0.166 e. The Morgan fingerprint density at radius 2 is 1.37 bits per heavy atom. The minimum Gasteiger partial charge on any atom is -0.166 e. The molecule has 0 aromatic rings. The summed E-state index contributed by atoms with van der Waals surface area (Å²) in [4.78, 5) is 0. The van der Waals surface area contributed by atoms with E-state index in [0.717, 1.165) is 38.5 Å². The highest BCUT2D eigenvalue weighted by Gasteiger charge is 2.72. The molecule has 19 heavy (non-hydrogen) atoms.